The van der Waals surface area contributed by atoms with Crippen LogP contribution in [0.3, 0.4) is 0 Å². The normalized spacial score (nSPS) is 20.0. The Labute approximate surface area is 199 Å². The van der Waals surface area contributed by atoms with Gasteiger partial charge in [-0.1, -0.05) is 13.8 Å². The summed E-state index contributed by atoms with van der Waals surface area (Å²) in [4.78, 5) is 21.7. The van der Waals surface area contributed by atoms with E-state index in [1.807, 2.05) is 19.9 Å². The third-order valence-corrected chi connectivity index (χ3v) is 7.97. The highest BCUT2D eigenvalue weighted by atomic mass is 32.2. The number of aromatic nitrogens is 2. The van der Waals surface area contributed by atoms with Gasteiger partial charge in [0.05, 0.1) is 16.5 Å². The zero-order chi connectivity index (χ0) is 24.0. The van der Waals surface area contributed by atoms with Crippen molar-refractivity contribution in [2.75, 3.05) is 6.54 Å². The number of nitrogens with zero attached hydrogens (tertiary/aromatic N) is 2. The summed E-state index contributed by atoms with van der Waals surface area (Å²) < 4.78 is 29.6. The van der Waals surface area contributed by atoms with Gasteiger partial charge in [-0.15, -0.1) is 0 Å². The second-order valence-corrected chi connectivity index (χ2v) is 11.4. The van der Waals surface area contributed by atoms with E-state index in [0.717, 1.165) is 35.0 Å². The van der Waals surface area contributed by atoms with Gasteiger partial charge in [-0.3, -0.25) is 14.8 Å². The van der Waals surface area contributed by atoms with E-state index in [1.54, 1.807) is 30.6 Å². The third kappa shape index (κ3) is 4.31. The lowest BCUT2D eigenvalue weighted by Gasteiger charge is -2.18. The first kappa shape index (κ1) is 22.9. The van der Waals surface area contributed by atoms with Crippen LogP contribution in [0.1, 0.15) is 78.3 Å². The summed E-state index contributed by atoms with van der Waals surface area (Å²) in [6.45, 7) is 4.26. The SMILES string of the molecule is CC(C)CNS(=O)(=O)c1cc2c(c3cnc(C4CC4)cc13)[C@@H](N)C[C@@H]2NC(=O)c1cccnc1. The fraction of sp³-hybridized carbons (Fsp3) is 0.400. The molecule has 0 saturated heterocycles. The van der Waals surface area contributed by atoms with E-state index in [1.165, 1.54) is 6.20 Å². The topological polar surface area (TPSA) is 127 Å². The molecule has 1 amide bonds. The molecule has 1 saturated carbocycles. The van der Waals surface area contributed by atoms with Gasteiger partial charge in [0.15, 0.2) is 0 Å². The maximum atomic E-state index is 13.4. The van der Waals surface area contributed by atoms with Gasteiger partial charge in [0, 0.05) is 53.6 Å². The lowest BCUT2D eigenvalue weighted by Crippen LogP contribution is -2.29. The van der Waals surface area contributed by atoms with Crippen molar-refractivity contribution < 1.29 is 13.2 Å². The zero-order valence-electron chi connectivity index (χ0n) is 19.3. The Bertz CT molecular complexity index is 1350. The Kier molecular flexibility index (Phi) is 5.87. The highest BCUT2D eigenvalue weighted by molar-refractivity contribution is 7.89. The number of benzene rings is 1. The molecule has 1 aromatic carbocycles. The molecule has 3 aromatic rings. The van der Waals surface area contributed by atoms with Crippen molar-refractivity contribution in [2.45, 2.75) is 56.0 Å². The second-order valence-electron chi connectivity index (χ2n) is 9.66. The molecule has 9 heteroatoms. The molecule has 2 heterocycles. The summed E-state index contributed by atoms with van der Waals surface area (Å²) in [5, 5.41) is 4.39. The van der Waals surface area contributed by atoms with E-state index >= 15 is 0 Å². The molecule has 5 rings (SSSR count). The van der Waals surface area contributed by atoms with Crippen molar-refractivity contribution in [1.82, 2.24) is 20.0 Å². The molecule has 2 aromatic heterocycles. The van der Waals surface area contributed by atoms with Crippen LogP contribution >= 0.6 is 0 Å². The van der Waals surface area contributed by atoms with Gasteiger partial charge in [-0.25, -0.2) is 13.1 Å². The summed E-state index contributed by atoms with van der Waals surface area (Å²) in [6.07, 6.45) is 7.48. The van der Waals surface area contributed by atoms with Crippen molar-refractivity contribution in [3.05, 3.63) is 65.2 Å². The number of nitrogens with one attached hydrogen (secondary N) is 2. The molecular formula is C25H29N5O3S. The van der Waals surface area contributed by atoms with Gasteiger partial charge in [-0.05, 0) is 60.6 Å². The summed E-state index contributed by atoms with van der Waals surface area (Å²) in [5.74, 6) is 0.277. The Morgan fingerprint density at radius 2 is 2.00 bits per heavy atom. The quantitative estimate of drug-likeness (QED) is 0.477. The van der Waals surface area contributed by atoms with Crippen LogP contribution in [0, 0.1) is 5.92 Å². The molecule has 34 heavy (non-hydrogen) atoms. The molecule has 0 bridgehead atoms. The van der Waals surface area contributed by atoms with Crippen LogP contribution in [0.2, 0.25) is 0 Å². The zero-order valence-corrected chi connectivity index (χ0v) is 20.1. The highest BCUT2D eigenvalue weighted by Gasteiger charge is 2.35. The third-order valence-electron chi connectivity index (χ3n) is 6.51. The molecule has 178 valence electrons. The average Bonchev–Trinajstić information content (AvgIpc) is 3.62. The minimum Gasteiger partial charge on any atom is -0.345 e. The lowest BCUT2D eigenvalue weighted by molar-refractivity contribution is 0.0935. The molecule has 4 N–H and O–H groups in total. The van der Waals surface area contributed by atoms with Gasteiger partial charge in [0.2, 0.25) is 10.0 Å². The Morgan fingerprint density at radius 3 is 2.68 bits per heavy atom. The Hall–Kier alpha value is -2.88. The van der Waals surface area contributed by atoms with Crippen LogP contribution in [0.5, 0.6) is 0 Å². The molecule has 0 unspecified atom stereocenters. The van der Waals surface area contributed by atoms with Gasteiger partial charge in [-0.2, -0.15) is 0 Å². The molecule has 2 atom stereocenters. The largest absolute Gasteiger partial charge is 0.345 e. The predicted molar refractivity (Wildman–Crippen MR) is 130 cm³/mol. The van der Waals surface area contributed by atoms with Crippen molar-refractivity contribution in [3.8, 4) is 0 Å². The number of rotatable bonds is 7. The number of sulfonamides is 1. The van der Waals surface area contributed by atoms with E-state index in [9.17, 15) is 13.2 Å². The summed E-state index contributed by atoms with van der Waals surface area (Å²) >= 11 is 0. The molecule has 0 spiro atoms. The van der Waals surface area contributed by atoms with E-state index in [0.29, 0.717) is 29.8 Å². The highest BCUT2D eigenvalue weighted by Crippen LogP contribution is 2.46. The van der Waals surface area contributed by atoms with Crippen LogP contribution in [0.15, 0.2) is 47.8 Å². The molecule has 2 aliphatic rings. The molecule has 1 fully saturated rings. The van der Waals surface area contributed by atoms with Crippen molar-refractivity contribution >= 4 is 26.7 Å². The number of carbonyl (C=O) groups excluding carboxylic acids is 1. The van der Waals surface area contributed by atoms with Crippen LogP contribution in [0.25, 0.3) is 10.8 Å². The van der Waals surface area contributed by atoms with Crippen LogP contribution in [-0.2, 0) is 10.0 Å². The van der Waals surface area contributed by atoms with Crippen LogP contribution in [-0.4, -0.2) is 30.8 Å². The smallest absolute Gasteiger partial charge is 0.253 e. The minimum atomic E-state index is -3.79. The number of pyridine rings is 2. The fourth-order valence-electron chi connectivity index (χ4n) is 4.60. The van der Waals surface area contributed by atoms with Gasteiger partial charge >= 0.3 is 0 Å². The summed E-state index contributed by atoms with van der Waals surface area (Å²) in [6, 6.07) is 6.23. The van der Waals surface area contributed by atoms with E-state index in [-0.39, 0.29) is 22.8 Å². The van der Waals surface area contributed by atoms with Crippen LogP contribution < -0.4 is 15.8 Å². The number of nitrogens with two attached hydrogens (primary N) is 1. The summed E-state index contributed by atoms with van der Waals surface area (Å²) in [5.41, 5.74) is 9.46. The molecule has 2 aliphatic carbocycles. The maximum Gasteiger partial charge on any atom is 0.253 e. The average molecular weight is 480 g/mol. The molecular weight excluding hydrogens is 450 g/mol. The number of carbonyl (C=O) groups is 1. The Morgan fingerprint density at radius 1 is 1.21 bits per heavy atom. The molecule has 0 radical (unpaired) electrons. The number of amides is 1. The van der Waals surface area contributed by atoms with Crippen molar-refractivity contribution in [2.24, 2.45) is 11.7 Å². The summed E-state index contributed by atoms with van der Waals surface area (Å²) in [7, 11) is -3.79. The molecule has 8 nitrogen and oxygen atoms in total. The number of hydrogen-bond donors (Lipinski definition) is 3. The van der Waals surface area contributed by atoms with Crippen molar-refractivity contribution in [1.29, 1.82) is 0 Å². The first-order chi connectivity index (χ1) is 16.2. The van der Waals surface area contributed by atoms with E-state index in [4.69, 9.17) is 5.73 Å². The van der Waals surface area contributed by atoms with Crippen molar-refractivity contribution in [3.63, 3.8) is 0 Å². The predicted octanol–water partition coefficient (Wildman–Crippen LogP) is 3.32. The van der Waals surface area contributed by atoms with Crippen LogP contribution in [0.4, 0.5) is 0 Å². The Balaban J connectivity index is 1.62. The lowest BCUT2D eigenvalue weighted by atomic mass is 9.99. The molecule has 0 aliphatic heterocycles. The van der Waals surface area contributed by atoms with E-state index in [2.05, 4.69) is 20.0 Å². The van der Waals surface area contributed by atoms with Gasteiger partial charge < -0.3 is 11.1 Å². The second kappa shape index (κ2) is 8.72. The maximum absolute atomic E-state index is 13.4. The minimum absolute atomic E-state index is 0.166. The standard InChI is InChI=1S/C25H29N5O3S/c1-14(2)11-29-34(32,33)23-9-18-22(30-25(31)16-4-3-7-27-12-16)10-20(26)24(18)19-13-28-21(8-17(19)23)15-5-6-15/h3-4,7-9,12-15,20,22,29H,5-6,10-11,26H2,1-2H3,(H,30,31)/t20-,22-/m0/s1. The van der Waals surface area contributed by atoms with Gasteiger partial charge in [0.25, 0.3) is 5.91 Å². The fourth-order valence-corrected chi connectivity index (χ4v) is 6.05. The number of hydrogen-bond acceptors (Lipinski definition) is 6. The first-order valence-corrected chi connectivity index (χ1v) is 13.2. The first-order valence-electron chi connectivity index (χ1n) is 11.7. The number of fused-ring (bicyclic) bond motifs is 3. The van der Waals surface area contributed by atoms with Gasteiger partial charge in [0.1, 0.15) is 0 Å². The monoisotopic (exact) mass is 479 g/mol. The van der Waals surface area contributed by atoms with E-state index < -0.39 is 16.1 Å².